The number of carbonyl (C=O) groups is 2. The summed E-state index contributed by atoms with van der Waals surface area (Å²) in [6, 6.07) is 9.62. The zero-order chi connectivity index (χ0) is 26.0. The highest BCUT2D eigenvalue weighted by Gasteiger charge is 2.47. The molecule has 0 unspecified atom stereocenters. The van der Waals surface area contributed by atoms with Gasteiger partial charge in [0, 0.05) is 12.6 Å². The highest BCUT2D eigenvalue weighted by Crippen LogP contribution is 2.44. The van der Waals surface area contributed by atoms with Crippen LogP contribution in [0.4, 0.5) is 24.7 Å². The van der Waals surface area contributed by atoms with Gasteiger partial charge in [-0.25, -0.2) is 4.68 Å². The number of aromatic nitrogens is 4. The lowest BCUT2D eigenvalue weighted by Gasteiger charge is -2.34. The second-order valence-electron chi connectivity index (χ2n) is 8.49. The monoisotopic (exact) mass is 513 g/mol. The molecule has 0 saturated carbocycles. The number of hydrogen-bond donors (Lipinski definition) is 3. The minimum absolute atomic E-state index is 0.0235. The van der Waals surface area contributed by atoms with Crippen LogP contribution in [0.15, 0.2) is 71.7 Å². The average Bonchev–Trinajstić information content (AvgIpc) is 3.63. The van der Waals surface area contributed by atoms with Gasteiger partial charge in [0.05, 0.1) is 36.9 Å². The first kappa shape index (κ1) is 24.2. The Balaban J connectivity index is 1.29. The molecule has 3 N–H and O–H groups in total. The molecule has 4 heterocycles. The van der Waals surface area contributed by atoms with Crippen LogP contribution in [-0.4, -0.2) is 37.6 Å². The minimum Gasteiger partial charge on any atom is -0.467 e. The minimum atomic E-state index is -4.55. The van der Waals surface area contributed by atoms with Crippen molar-refractivity contribution in [2.45, 2.75) is 37.8 Å². The molecule has 0 spiro atoms. The average molecular weight is 513 g/mol. The van der Waals surface area contributed by atoms with Crippen LogP contribution < -0.4 is 16.0 Å². The molecule has 3 aromatic heterocycles. The molecule has 192 valence electrons. The second-order valence-corrected chi connectivity index (χ2v) is 8.49. The van der Waals surface area contributed by atoms with Crippen LogP contribution in [0.25, 0.3) is 0 Å². The molecule has 0 saturated heterocycles. The molecular weight excluding hydrogens is 491 g/mol. The Labute approximate surface area is 208 Å². The predicted molar refractivity (Wildman–Crippen MR) is 125 cm³/mol. The molecule has 0 fully saturated rings. The van der Waals surface area contributed by atoms with Crippen molar-refractivity contribution in [2.24, 2.45) is 0 Å². The molecule has 10 nitrogen and oxygen atoms in total. The van der Waals surface area contributed by atoms with E-state index in [1.54, 1.807) is 42.5 Å². The fraction of sp³-hybridized carbons (Fsp3) is 0.250. The third-order valence-electron chi connectivity index (χ3n) is 5.92. The third kappa shape index (κ3) is 5.34. The van der Waals surface area contributed by atoms with E-state index in [4.69, 9.17) is 4.42 Å². The summed E-state index contributed by atoms with van der Waals surface area (Å²) in [6.07, 6.45) is 0.574. The summed E-state index contributed by atoms with van der Waals surface area (Å²) in [4.78, 5) is 25.1. The van der Waals surface area contributed by atoms with E-state index in [2.05, 4.69) is 26.1 Å². The van der Waals surface area contributed by atoms with Gasteiger partial charge >= 0.3 is 6.18 Å². The fourth-order valence-corrected chi connectivity index (χ4v) is 4.15. The van der Waals surface area contributed by atoms with Crippen molar-refractivity contribution in [3.63, 3.8) is 0 Å². The van der Waals surface area contributed by atoms with Gasteiger partial charge in [-0.3, -0.25) is 14.3 Å². The second kappa shape index (κ2) is 9.84. The molecule has 2 amide bonds. The quantitative estimate of drug-likeness (QED) is 0.345. The fourth-order valence-electron chi connectivity index (χ4n) is 4.15. The van der Waals surface area contributed by atoms with Crippen molar-refractivity contribution in [3.8, 4) is 0 Å². The van der Waals surface area contributed by atoms with E-state index in [1.807, 2.05) is 0 Å². The molecule has 13 heteroatoms. The Kier molecular flexibility index (Phi) is 6.42. The Morgan fingerprint density at radius 2 is 1.92 bits per heavy atom. The van der Waals surface area contributed by atoms with Crippen LogP contribution in [0.2, 0.25) is 0 Å². The molecule has 2 atom stereocenters. The number of carbonyl (C=O) groups excluding carboxylic acids is 2. The van der Waals surface area contributed by atoms with E-state index >= 15 is 0 Å². The van der Waals surface area contributed by atoms with Crippen LogP contribution >= 0.6 is 0 Å². The van der Waals surface area contributed by atoms with Crippen molar-refractivity contribution < 1.29 is 27.2 Å². The maximum atomic E-state index is 13.9. The zero-order valence-corrected chi connectivity index (χ0v) is 19.3. The Morgan fingerprint density at radius 1 is 1.11 bits per heavy atom. The standard InChI is InChI=1S/C24H22F3N7O3/c25-24(26,27)20-9-19(15-5-2-1-3-6-15)32-22-18(12-30-34(20)22)23(36)31-16-10-29-33(13-16)14-21(35)28-11-17-7-4-8-37-17/h1-8,10,12-13,19-20,32H,9,11,14H2,(H,28,35)(H,31,36)/t19-,20-/m0/s1. The SMILES string of the molecule is O=C(Cn1cc(NC(=O)c2cnn3c2N[C@H](c2ccccc2)C[C@H]3C(F)(F)F)cn1)NCc1ccco1. The summed E-state index contributed by atoms with van der Waals surface area (Å²) in [7, 11) is 0. The predicted octanol–water partition coefficient (Wildman–Crippen LogP) is 3.90. The van der Waals surface area contributed by atoms with Crippen molar-refractivity contribution in [3.05, 3.63) is 84.2 Å². The Bertz CT molecular complexity index is 1380. The van der Waals surface area contributed by atoms with Gasteiger partial charge in [-0.1, -0.05) is 30.3 Å². The lowest BCUT2D eigenvalue weighted by molar-refractivity contribution is -0.173. The summed E-state index contributed by atoms with van der Waals surface area (Å²) >= 11 is 0. The van der Waals surface area contributed by atoms with E-state index in [0.29, 0.717) is 11.3 Å². The maximum Gasteiger partial charge on any atom is 0.410 e. The summed E-state index contributed by atoms with van der Waals surface area (Å²) in [6.45, 7) is 0.118. The first-order chi connectivity index (χ1) is 17.8. The van der Waals surface area contributed by atoms with Crippen LogP contribution in [0.5, 0.6) is 0 Å². The van der Waals surface area contributed by atoms with Gasteiger partial charge in [-0.05, 0) is 17.7 Å². The molecule has 37 heavy (non-hydrogen) atoms. The topological polar surface area (TPSA) is 119 Å². The molecule has 1 aliphatic rings. The highest BCUT2D eigenvalue weighted by molar-refractivity contribution is 6.07. The molecule has 5 rings (SSSR count). The van der Waals surface area contributed by atoms with Crippen molar-refractivity contribution >= 4 is 23.3 Å². The number of benzene rings is 1. The number of nitrogens with zero attached hydrogens (tertiary/aromatic N) is 4. The summed E-state index contributed by atoms with van der Waals surface area (Å²) < 4.78 is 48.9. The van der Waals surface area contributed by atoms with Gasteiger partial charge in [0.2, 0.25) is 5.91 Å². The van der Waals surface area contributed by atoms with Crippen LogP contribution in [0.1, 0.15) is 40.2 Å². The first-order valence-corrected chi connectivity index (χ1v) is 11.4. The number of rotatable bonds is 7. The first-order valence-electron chi connectivity index (χ1n) is 11.4. The van der Waals surface area contributed by atoms with E-state index in [9.17, 15) is 22.8 Å². The smallest absolute Gasteiger partial charge is 0.410 e. The van der Waals surface area contributed by atoms with Crippen molar-refractivity contribution in [2.75, 3.05) is 10.6 Å². The molecule has 1 aliphatic heterocycles. The number of hydrogen-bond acceptors (Lipinski definition) is 6. The molecule has 1 aromatic carbocycles. The van der Waals surface area contributed by atoms with E-state index < -0.39 is 24.2 Å². The van der Waals surface area contributed by atoms with Gasteiger partial charge < -0.3 is 20.4 Å². The molecule has 0 bridgehead atoms. The Hall–Kier alpha value is -4.55. The van der Waals surface area contributed by atoms with Crippen LogP contribution in [-0.2, 0) is 17.9 Å². The number of nitrogens with one attached hydrogen (secondary N) is 3. The number of amides is 2. The van der Waals surface area contributed by atoms with E-state index in [0.717, 1.165) is 10.9 Å². The zero-order valence-electron chi connectivity index (χ0n) is 19.3. The molecule has 0 aliphatic carbocycles. The van der Waals surface area contributed by atoms with Gasteiger partial charge in [-0.15, -0.1) is 0 Å². The van der Waals surface area contributed by atoms with Crippen LogP contribution in [0, 0.1) is 0 Å². The number of anilines is 2. The molecule has 4 aromatic rings. The summed E-state index contributed by atoms with van der Waals surface area (Å²) in [5, 5.41) is 16.3. The number of furan rings is 1. The maximum absolute atomic E-state index is 13.9. The largest absolute Gasteiger partial charge is 0.467 e. The third-order valence-corrected chi connectivity index (χ3v) is 5.92. The van der Waals surface area contributed by atoms with Crippen LogP contribution in [0.3, 0.4) is 0 Å². The number of fused-ring (bicyclic) bond motifs is 1. The van der Waals surface area contributed by atoms with E-state index in [1.165, 1.54) is 23.3 Å². The lowest BCUT2D eigenvalue weighted by atomic mass is 9.96. The molecular formula is C24H22F3N7O3. The summed E-state index contributed by atoms with van der Waals surface area (Å²) in [5.41, 5.74) is 0.896. The normalized spacial score (nSPS) is 17.1. The van der Waals surface area contributed by atoms with Gasteiger partial charge in [-0.2, -0.15) is 23.4 Å². The van der Waals surface area contributed by atoms with Crippen molar-refractivity contribution in [1.82, 2.24) is 24.9 Å². The number of alkyl halides is 3. The Morgan fingerprint density at radius 3 is 2.65 bits per heavy atom. The van der Waals surface area contributed by atoms with Gasteiger partial charge in [0.1, 0.15) is 23.7 Å². The lowest BCUT2D eigenvalue weighted by Crippen LogP contribution is -2.36. The number of halogens is 3. The van der Waals surface area contributed by atoms with E-state index in [-0.39, 0.29) is 42.5 Å². The summed E-state index contributed by atoms with van der Waals surface area (Å²) in [5.74, 6) is -0.408. The van der Waals surface area contributed by atoms with Gasteiger partial charge in [0.25, 0.3) is 5.91 Å². The molecule has 0 radical (unpaired) electrons. The highest BCUT2D eigenvalue weighted by atomic mass is 19.4. The van der Waals surface area contributed by atoms with Crippen molar-refractivity contribution in [1.29, 1.82) is 0 Å². The van der Waals surface area contributed by atoms with Gasteiger partial charge in [0.15, 0.2) is 6.04 Å².